The number of aromatic nitrogens is 2. The van der Waals surface area contributed by atoms with E-state index >= 15 is 0 Å². The summed E-state index contributed by atoms with van der Waals surface area (Å²) in [6, 6.07) is 0.728. The van der Waals surface area contributed by atoms with Gasteiger partial charge in [0.1, 0.15) is 6.10 Å². The van der Waals surface area contributed by atoms with Gasteiger partial charge in [-0.05, 0) is 24.8 Å². The second-order valence-electron chi connectivity index (χ2n) is 6.30. The zero-order chi connectivity index (χ0) is 17.9. The monoisotopic (exact) mass is 347 g/mol. The number of rotatable bonds is 5. The Morgan fingerprint density at radius 3 is 2.75 bits per heavy atom. The Bertz CT molecular complexity index is 559. The van der Waals surface area contributed by atoms with Crippen molar-refractivity contribution in [3.05, 3.63) is 18.0 Å². The Morgan fingerprint density at radius 2 is 2.21 bits per heavy atom. The van der Waals surface area contributed by atoms with Crippen LogP contribution < -0.4 is 0 Å². The number of hydrogen-bond donors (Lipinski definition) is 0. The van der Waals surface area contributed by atoms with Crippen LogP contribution >= 0.6 is 0 Å². The van der Waals surface area contributed by atoms with Crippen LogP contribution in [-0.2, 0) is 15.7 Å². The van der Waals surface area contributed by atoms with E-state index in [9.17, 15) is 18.0 Å². The fourth-order valence-electron chi connectivity index (χ4n) is 3.03. The first-order valence-corrected chi connectivity index (χ1v) is 8.21. The number of piperidine rings is 1. The number of halogens is 3. The van der Waals surface area contributed by atoms with Crippen LogP contribution in [-0.4, -0.2) is 46.9 Å². The van der Waals surface area contributed by atoms with Crippen molar-refractivity contribution in [2.45, 2.75) is 51.4 Å². The fraction of sp³-hybridized carbons (Fsp3) is 0.750. The Morgan fingerprint density at radius 1 is 1.50 bits per heavy atom. The third-order valence-electron chi connectivity index (χ3n) is 4.64. The normalized spacial score (nSPS) is 21.6. The Balaban J connectivity index is 2.08. The van der Waals surface area contributed by atoms with E-state index in [0.717, 1.165) is 18.9 Å². The van der Waals surface area contributed by atoms with Crippen LogP contribution in [0.25, 0.3) is 0 Å². The Labute approximate surface area is 139 Å². The molecule has 1 aliphatic rings. The first kappa shape index (κ1) is 18.8. The van der Waals surface area contributed by atoms with Crippen molar-refractivity contribution < 1.29 is 22.7 Å². The summed E-state index contributed by atoms with van der Waals surface area (Å²) in [7, 11) is 1.51. The molecule has 0 radical (unpaired) electrons. The molecule has 1 saturated heterocycles. The van der Waals surface area contributed by atoms with Gasteiger partial charge in [0, 0.05) is 26.4 Å². The minimum absolute atomic E-state index is 0.0874. The van der Waals surface area contributed by atoms with Gasteiger partial charge in [0.05, 0.1) is 6.04 Å². The number of likely N-dealkylation sites (tertiary alicyclic amines) is 1. The molecule has 1 aromatic heterocycles. The van der Waals surface area contributed by atoms with Crippen molar-refractivity contribution in [3.63, 3.8) is 0 Å². The first-order valence-electron chi connectivity index (χ1n) is 8.21. The van der Waals surface area contributed by atoms with Crippen LogP contribution in [0.1, 0.15) is 44.8 Å². The van der Waals surface area contributed by atoms with Gasteiger partial charge in [-0.3, -0.25) is 9.48 Å². The first-order chi connectivity index (χ1) is 11.3. The van der Waals surface area contributed by atoms with Crippen molar-refractivity contribution in [3.8, 4) is 0 Å². The molecule has 0 aliphatic carbocycles. The number of alkyl halides is 3. The van der Waals surface area contributed by atoms with E-state index in [1.807, 2.05) is 13.8 Å². The smallest absolute Gasteiger partial charge is 0.371 e. The molecule has 0 N–H and O–H groups in total. The molecule has 0 saturated carbocycles. The minimum atomic E-state index is -4.45. The maximum absolute atomic E-state index is 12.7. The van der Waals surface area contributed by atoms with Crippen LogP contribution in [0.4, 0.5) is 13.2 Å². The SMILES string of the molecule is CC[C@H](C)[C@H](OC)C(=O)N1CCC[C@@H](n2ccc(C(F)(F)F)n2)C1. The van der Waals surface area contributed by atoms with Crippen molar-refractivity contribution in [1.29, 1.82) is 0 Å². The lowest BCUT2D eigenvalue weighted by Gasteiger charge is -2.35. The Kier molecular flexibility index (Phi) is 5.90. The van der Waals surface area contributed by atoms with Gasteiger partial charge < -0.3 is 9.64 Å². The molecule has 24 heavy (non-hydrogen) atoms. The van der Waals surface area contributed by atoms with Crippen molar-refractivity contribution in [2.75, 3.05) is 20.2 Å². The molecule has 0 spiro atoms. The molecule has 0 unspecified atom stereocenters. The van der Waals surface area contributed by atoms with Crippen molar-refractivity contribution in [1.82, 2.24) is 14.7 Å². The molecule has 0 aromatic carbocycles. The van der Waals surface area contributed by atoms with E-state index in [1.54, 1.807) is 4.90 Å². The van der Waals surface area contributed by atoms with Crippen LogP contribution in [0.2, 0.25) is 0 Å². The lowest BCUT2D eigenvalue weighted by atomic mass is 9.98. The number of carbonyl (C=O) groups excluding carboxylic acids is 1. The highest BCUT2D eigenvalue weighted by atomic mass is 19.4. The topological polar surface area (TPSA) is 47.4 Å². The van der Waals surface area contributed by atoms with Crippen LogP contribution in [0.3, 0.4) is 0 Å². The minimum Gasteiger partial charge on any atom is -0.371 e. The lowest BCUT2D eigenvalue weighted by Crippen LogP contribution is -2.47. The number of ether oxygens (including phenoxy) is 1. The van der Waals surface area contributed by atoms with Gasteiger partial charge in [-0.1, -0.05) is 20.3 Å². The summed E-state index contributed by atoms with van der Waals surface area (Å²) in [6.45, 7) is 4.90. The molecule has 2 heterocycles. The quantitative estimate of drug-likeness (QED) is 0.822. The number of amides is 1. The Hall–Kier alpha value is -1.57. The molecule has 1 aromatic rings. The molecular weight excluding hydrogens is 323 g/mol. The van der Waals surface area contributed by atoms with Crippen LogP contribution in [0.5, 0.6) is 0 Å². The highest BCUT2D eigenvalue weighted by molar-refractivity contribution is 5.81. The predicted octanol–water partition coefficient (Wildman–Crippen LogP) is 3.13. The number of carbonyl (C=O) groups is 1. The molecule has 1 amide bonds. The van der Waals surface area contributed by atoms with E-state index in [4.69, 9.17) is 4.74 Å². The summed E-state index contributed by atoms with van der Waals surface area (Å²) in [5.41, 5.74) is -0.902. The second-order valence-corrected chi connectivity index (χ2v) is 6.30. The molecule has 1 fully saturated rings. The maximum Gasteiger partial charge on any atom is 0.435 e. The van der Waals surface area contributed by atoms with E-state index in [-0.39, 0.29) is 17.9 Å². The summed E-state index contributed by atoms with van der Waals surface area (Å²) < 4.78 is 44.8. The van der Waals surface area contributed by atoms with Gasteiger partial charge in [-0.25, -0.2) is 0 Å². The van der Waals surface area contributed by atoms with Gasteiger partial charge >= 0.3 is 6.18 Å². The molecule has 3 atom stereocenters. The lowest BCUT2D eigenvalue weighted by molar-refractivity contribution is -0.147. The summed E-state index contributed by atoms with van der Waals surface area (Å²) in [6.07, 6.45) is -1.39. The average Bonchev–Trinajstić information content (AvgIpc) is 3.05. The van der Waals surface area contributed by atoms with Gasteiger partial charge in [-0.15, -0.1) is 0 Å². The molecule has 136 valence electrons. The molecular formula is C16H24F3N3O2. The van der Waals surface area contributed by atoms with Gasteiger partial charge in [0.2, 0.25) is 0 Å². The van der Waals surface area contributed by atoms with Crippen LogP contribution in [0, 0.1) is 5.92 Å². The second kappa shape index (κ2) is 7.55. The number of methoxy groups -OCH3 is 1. The van der Waals surface area contributed by atoms with E-state index in [0.29, 0.717) is 19.5 Å². The number of nitrogens with zero attached hydrogens (tertiary/aromatic N) is 3. The third kappa shape index (κ3) is 4.09. The maximum atomic E-state index is 12.7. The average molecular weight is 347 g/mol. The molecule has 8 heteroatoms. The van der Waals surface area contributed by atoms with Crippen LogP contribution in [0.15, 0.2) is 12.3 Å². The predicted molar refractivity (Wildman–Crippen MR) is 82.3 cm³/mol. The standard InChI is InChI=1S/C16H24F3N3O2/c1-4-11(2)14(24-3)15(23)21-8-5-6-12(10-21)22-9-7-13(20-22)16(17,18)19/h7,9,11-12,14H,4-6,8,10H2,1-3H3/t11-,12+,14-/m0/s1. The summed E-state index contributed by atoms with van der Waals surface area (Å²) >= 11 is 0. The highest BCUT2D eigenvalue weighted by Gasteiger charge is 2.36. The van der Waals surface area contributed by atoms with Crippen molar-refractivity contribution >= 4 is 5.91 Å². The number of hydrogen-bond acceptors (Lipinski definition) is 3. The zero-order valence-corrected chi connectivity index (χ0v) is 14.2. The summed E-state index contributed by atoms with van der Waals surface area (Å²) in [4.78, 5) is 14.3. The molecule has 0 bridgehead atoms. The van der Waals surface area contributed by atoms with Gasteiger partial charge in [0.25, 0.3) is 5.91 Å². The van der Waals surface area contributed by atoms with E-state index in [2.05, 4.69) is 5.10 Å². The molecule has 2 rings (SSSR count). The van der Waals surface area contributed by atoms with E-state index < -0.39 is 18.0 Å². The molecule has 1 aliphatic heterocycles. The van der Waals surface area contributed by atoms with Crippen molar-refractivity contribution in [2.24, 2.45) is 5.92 Å². The molecule has 5 nitrogen and oxygen atoms in total. The third-order valence-corrected chi connectivity index (χ3v) is 4.64. The van der Waals surface area contributed by atoms with E-state index in [1.165, 1.54) is 18.0 Å². The van der Waals surface area contributed by atoms with Gasteiger partial charge in [-0.2, -0.15) is 18.3 Å². The van der Waals surface area contributed by atoms with Gasteiger partial charge in [0.15, 0.2) is 5.69 Å². The highest BCUT2D eigenvalue weighted by Crippen LogP contribution is 2.29. The fourth-order valence-corrected chi connectivity index (χ4v) is 3.03. The summed E-state index contributed by atoms with van der Waals surface area (Å²) in [5.74, 6) is -0.0100. The largest absolute Gasteiger partial charge is 0.435 e. The summed E-state index contributed by atoms with van der Waals surface area (Å²) in [5, 5.41) is 3.64. The zero-order valence-electron chi connectivity index (χ0n) is 14.2.